The minimum Gasteiger partial charge on any atom is -0.337 e. The van der Waals surface area contributed by atoms with E-state index in [1.165, 1.54) is 24.1 Å². The molecule has 4 rings (SSSR count). The molecule has 2 aliphatic carbocycles. The molecule has 6 atom stereocenters. The van der Waals surface area contributed by atoms with Crippen LogP contribution < -0.4 is 11.2 Å². The number of rotatable bonds is 7. The van der Waals surface area contributed by atoms with E-state index >= 15 is 0 Å². The Morgan fingerprint density at radius 1 is 1.44 bits per heavy atom. The van der Waals surface area contributed by atoms with Gasteiger partial charge in [-0.1, -0.05) is 32.4 Å². The molecule has 178 valence electrons. The average Bonchev–Trinajstić information content (AvgIpc) is 3.36. The van der Waals surface area contributed by atoms with Crippen molar-refractivity contribution in [3.63, 3.8) is 0 Å². The van der Waals surface area contributed by atoms with Crippen LogP contribution in [0.1, 0.15) is 63.4 Å². The molecular formula is C23H36FN5O3. The van der Waals surface area contributed by atoms with Gasteiger partial charge in [-0.25, -0.2) is 5.90 Å². The Kier molecular flexibility index (Phi) is 6.46. The third-order valence-corrected chi connectivity index (χ3v) is 8.15. The minimum atomic E-state index is -1.16. The van der Waals surface area contributed by atoms with Crippen molar-refractivity contribution in [1.82, 2.24) is 20.4 Å². The van der Waals surface area contributed by atoms with Crippen LogP contribution in [0.5, 0.6) is 0 Å². The van der Waals surface area contributed by atoms with Crippen LogP contribution in [0.4, 0.5) is 4.53 Å². The molecule has 1 amide bonds. The van der Waals surface area contributed by atoms with E-state index in [0.29, 0.717) is 11.3 Å². The maximum absolute atomic E-state index is 12.6. The molecular weight excluding hydrogens is 413 g/mol. The van der Waals surface area contributed by atoms with Gasteiger partial charge in [0.1, 0.15) is 6.61 Å². The second kappa shape index (κ2) is 8.85. The van der Waals surface area contributed by atoms with Crippen molar-refractivity contribution in [2.75, 3.05) is 13.7 Å². The predicted octanol–water partition coefficient (Wildman–Crippen LogP) is 2.45. The first kappa shape index (κ1) is 23.4. The first-order valence-electron chi connectivity index (χ1n) is 11.6. The van der Waals surface area contributed by atoms with E-state index < -0.39 is 18.6 Å². The molecule has 8 nitrogen and oxygen atoms in total. The summed E-state index contributed by atoms with van der Waals surface area (Å²) in [6.45, 7) is 6.34. The highest BCUT2D eigenvalue weighted by molar-refractivity contribution is 5.81. The molecule has 5 unspecified atom stereocenters. The molecule has 1 fully saturated rings. The molecule has 1 saturated heterocycles. The van der Waals surface area contributed by atoms with Crippen molar-refractivity contribution in [2.45, 2.75) is 83.0 Å². The SMILES string of the molecule is CCC1(C)CCc2c([C@@]3(C)CC4C=CC(N(C)C(=O)C(COF)ON)CC4N3)n[nH]c2C1. The normalized spacial score (nSPS) is 34.8. The van der Waals surface area contributed by atoms with Gasteiger partial charge in [-0.05, 0) is 60.5 Å². The molecule has 0 bridgehead atoms. The fourth-order valence-corrected chi connectivity index (χ4v) is 5.82. The highest BCUT2D eigenvalue weighted by Crippen LogP contribution is 2.45. The molecule has 32 heavy (non-hydrogen) atoms. The summed E-state index contributed by atoms with van der Waals surface area (Å²) in [5.41, 5.74) is 3.94. The van der Waals surface area contributed by atoms with Gasteiger partial charge in [0.15, 0.2) is 6.10 Å². The summed E-state index contributed by atoms with van der Waals surface area (Å²) in [4.78, 5) is 22.3. The topological polar surface area (TPSA) is 106 Å². The summed E-state index contributed by atoms with van der Waals surface area (Å²) in [5, 5.41) is 12.0. The monoisotopic (exact) mass is 449 g/mol. The van der Waals surface area contributed by atoms with Crippen molar-refractivity contribution in [3.05, 3.63) is 29.1 Å². The first-order chi connectivity index (χ1) is 15.2. The zero-order valence-corrected chi connectivity index (χ0v) is 19.5. The van der Waals surface area contributed by atoms with Gasteiger partial charge in [0.25, 0.3) is 5.91 Å². The fraction of sp³-hybridized carbons (Fsp3) is 0.739. The molecule has 1 aromatic heterocycles. The van der Waals surface area contributed by atoms with E-state index in [0.717, 1.165) is 31.4 Å². The molecule has 2 heterocycles. The summed E-state index contributed by atoms with van der Waals surface area (Å²) in [7, 11) is 1.69. The highest BCUT2D eigenvalue weighted by atomic mass is 19.3. The number of aromatic amines is 1. The first-order valence-corrected chi connectivity index (χ1v) is 11.6. The Labute approximate surface area is 188 Å². The minimum absolute atomic E-state index is 0.130. The quantitative estimate of drug-likeness (QED) is 0.436. The summed E-state index contributed by atoms with van der Waals surface area (Å²) >= 11 is 0. The van der Waals surface area contributed by atoms with Crippen LogP contribution in [-0.2, 0) is 33.0 Å². The van der Waals surface area contributed by atoms with Crippen LogP contribution in [0, 0.1) is 11.3 Å². The van der Waals surface area contributed by atoms with Crippen LogP contribution in [0.3, 0.4) is 0 Å². The molecule has 4 N–H and O–H groups in total. The van der Waals surface area contributed by atoms with Crippen molar-refractivity contribution in [2.24, 2.45) is 17.2 Å². The second-order valence-corrected chi connectivity index (χ2v) is 10.4. The summed E-state index contributed by atoms with van der Waals surface area (Å²) in [6.07, 6.45) is 9.28. The highest BCUT2D eigenvalue weighted by Gasteiger charge is 2.47. The number of amides is 1. The molecule has 0 spiro atoms. The molecule has 1 aliphatic heterocycles. The zero-order valence-electron chi connectivity index (χ0n) is 19.5. The number of fused-ring (bicyclic) bond motifs is 2. The van der Waals surface area contributed by atoms with Gasteiger partial charge in [-0.15, -0.1) is 0 Å². The Morgan fingerprint density at radius 3 is 2.91 bits per heavy atom. The molecule has 0 aromatic carbocycles. The van der Waals surface area contributed by atoms with Gasteiger partial charge in [0.2, 0.25) is 0 Å². The van der Waals surface area contributed by atoms with Crippen molar-refractivity contribution in [1.29, 1.82) is 0 Å². The Hall–Kier alpha value is -1.81. The van der Waals surface area contributed by atoms with Crippen molar-refractivity contribution >= 4 is 5.91 Å². The van der Waals surface area contributed by atoms with Crippen molar-refractivity contribution < 1.29 is 19.1 Å². The maximum atomic E-state index is 12.6. The van der Waals surface area contributed by atoms with E-state index in [4.69, 9.17) is 11.0 Å². The zero-order chi connectivity index (χ0) is 23.1. The van der Waals surface area contributed by atoms with Gasteiger partial charge in [0.05, 0.1) is 17.3 Å². The third kappa shape index (κ3) is 4.11. The van der Waals surface area contributed by atoms with Crippen LogP contribution in [0.15, 0.2) is 12.2 Å². The molecule has 0 radical (unpaired) electrons. The number of hydrogen-bond acceptors (Lipinski definition) is 6. The lowest BCUT2D eigenvalue weighted by molar-refractivity contribution is -0.180. The number of halogens is 1. The largest absolute Gasteiger partial charge is 0.337 e. The smallest absolute Gasteiger partial charge is 0.256 e. The number of nitrogens with zero attached hydrogens (tertiary/aromatic N) is 2. The van der Waals surface area contributed by atoms with E-state index in [2.05, 4.69) is 53.1 Å². The van der Waals surface area contributed by atoms with Crippen LogP contribution in [-0.4, -0.2) is 52.8 Å². The van der Waals surface area contributed by atoms with E-state index in [1.54, 1.807) is 11.9 Å². The molecule has 3 aliphatic rings. The fourth-order valence-electron chi connectivity index (χ4n) is 5.82. The Bertz CT molecular complexity index is 876. The van der Waals surface area contributed by atoms with E-state index in [-0.39, 0.29) is 17.6 Å². The molecule has 0 saturated carbocycles. The van der Waals surface area contributed by atoms with Crippen molar-refractivity contribution in [3.8, 4) is 0 Å². The lowest BCUT2D eigenvalue weighted by Crippen LogP contribution is -2.49. The van der Waals surface area contributed by atoms with Crippen LogP contribution in [0.2, 0.25) is 0 Å². The average molecular weight is 450 g/mol. The number of aromatic nitrogens is 2. The predicted molar refractivity (Wildman–Crippen MR) is 118 cm³/mol. The standard InChI is InChI=1S/C23H36FN5O3/c1-5-22(2)9-8-16-18(12-22)27-28-20(16)23(3)11-14-6-7-15(10-17(14)26-23)29(4)21(30)19(32-25)13-31-24/h6-7,14-15,17,19,26H,5,8-13,25H2,1-4H3,(H,27,28)/t14?,15?,17?,19?,22?,23-/m1/s1. The number of H-pyrrole nitrogens is 1. The third-order valence-electron chi connectivity index (χ3n) is 8.15. The summed E-state index contributed by atoms with van der Waals surface area (Å²) in [6, 6.07) is 0.0889. The van der Waals surface area contributed by atoms with E-state index in [9.17, 15) is 9.32 Å². The number of nitrogens with one attached hydrogen (secondary N) is 2. The summed E-state index contributed by atoms with van der Waals surface area (Å²) < 4.78 is 12.2. The lowest BCUT2D eigenvalue weighted by atomic mass is 9.72. The Balaban J connectivity index is 1.47. The van der Waals surface area contributed by atoms with Gasteiger partial charge < -0.3 is 10.2 Å². The maximum Gasteiger partial charge on any atom is 0.256 e. The Morgan fingerprint density at radius 2 is 2.22 bits per heavy atom. The van der Waals surface area contributed by atoms with Gasteiger partial charge in [0, 0.05) is 18.8 Å². The number of likely N-dealkylation sites (N-methyl/N-ethyl adjacent to an activating group) is 1. The second-order valence-electron chi connectivity index (χ2n) is 10.4. The molecule has 1 aromatic rings. The van der Waals surface area contributed by atoms with Gasteiger partial charge in [-0.3, -0.25) is 14.7 Å². The summed E-state index contributed by atoms with van der Waals surface area (Å²) in [5.74, 6) is 5.11. The molecule has 9 heteroatoms. The number of nitrogens with two attached hydrogens (primary N) is 1. The number of carbonyl (C=O) groups is 1. The van der Waals surface area contributed by atoms with Gasteiger partial charge in [-0.2, -0.15) is 10.0 Å². The number of carbonyl (C=O) groups excluding carboxylic acids is 1. The van der Waals surface area contributed by atoms with Crippen LogP contribution in [0.25, 0.3) is 0 Å². The lowest BCUT2D eigenvalue weighted by Gasteiger charge is -2.35. The van der Waals surface area contributed by atoms with Gasteiger partial charge >= 0.3 is 0 Å². The number of hydrogen-bond donors (Lipinski definition) is 3. The van der Waals surface area contributed by atoms with Crippen LogP contribution >= 0.6 is 0 Å². The van der Waals surface area contributed by atoms with E-state index in [1.807, 2.05) is 0 Å².